The van der Waals surface area contributed by atoms with Crippen molar-refractivity contribution in [1.82, 2.24) is 15.0 Å². The van der Waals surface area contributed by atoms with E-state index in [0.717, 1.165) is 10.9 Å². The lowest BCUT2D eigenvalue weighted by molar-refractivity contribution is 0.463. The van der Waals surface area contributed by atoms with Gasteiger partial charge in [0.15, 0.2) is 5.75 Å². The molecule has 0 aliphatic carbocycles. The predicted molar refractivity (Wildman–Crippen MR) is 76.0 cm³/mol. The van der Waals surface area contributed by atoms with E-state index >= 15 is 0 Å². The Kier molecular flexibility index (Phi) is 3.00. The lowest BCUT2D eigenvalue weighted by Crippen LogP contribution is -1.98. The van der Waals surface area contributed by atoms with E-state index in [4.69, 9.17) is 10.5 Å². The first-order valence-electron chi connectivity index (χ1n) is 5.53. The van der Waals surface area contributed by atoms with E-state index in [1.807, 2.05) is 30.3 Å². The average Bonchev–Trinajstić information content (AvgIpc) is 2.43. The summed E-state index contributed by atoms with van der Waals surface area (Å²) < 4.78 is 6.40. The lowest BCUT2D eigenvalue weighted by Gasteiger charge is -2.08. The van der Waals surface area contributed by atoms with Gasteiger partial charge >= 0.3 is 0 Å². The van der Waals surface area contributed by atoms with E-state index in [1.54, 1.807) is 12.4 Å². The summed E-state index contributed by atoms with van der Waals surface area (Å²) >= 11 is 3.33. The van der Waals surface area contributed by atoms with E-state index in [2.05, 4.69) is 30.9 Å². The van der Waals surface area contributed by atoms with Crippen LogP contribution < -0.4 is 10.5 Å². The first-order valence-corrected chi connectivity index (χ1v) is 6.33. The Bertz CT molecular complexity index is 742. The largest absolute Gasteiger partial charge is 0.435 e. The van der Waals surface area contributed by atoms with Crippen LogP contribution in [0.3, 0.4) is 0 Å². The summed E-state index contributed by atoms with van der Waals surface area (Å²) in [4.78, 5) is 12.2. The minimum atomic E-state index is 0.159. The molecular weight excluding hydrogens is 308 g/mol. The van der Waals surface area contributed by atoms with Crippen molar-refractivity contribution in [3.63, 3.8) is 0 Å². The highest BCUT2D eigenvalue weighted by Gasteiger charge is 2.09. The highest BCUT2D eigenvalue weighted by Crippen LogP contribution is 2.31. The van der Waals surface area contributed by atoms with Gasteiger partial charge in [0.2, 0.25) is 11.8 Å². The van der Waals surface area contributed by atoms with Crippen molar-refractivity contribution in [1.29, 1.82) is 0 Å². The molecule has 2 N–H and O–H groups in total. The summed E-state index contributed by atoms with van der Waals surface area (Å²) in [5.74, 6) is 1.15. The second-order valence-corrected chi connectivity index (χ2v) is 4.67. The summed E-state index contributed by atoms with van der Waals surface area (Å²) in [6, 6.07) is 9.56. The standard InChI is InChI=1S/C13H9BrN4O/c14-9-7-17-13(15)18-12(9)19-10-5-1-3-8-4-2-6-16-11(8)10/h1-7H,(H2,15,17,18). The number of nitrogens with two attached hydrogens (primary N) is 1. The third-order valence-electron chi connectivity index (χ3n) is 2.53. The number of nitrogens with zero attached hydrogens (tertiary/aromatic N) is 3. The van der Waals surface area contributed by atoms with Crippen molar-refractivity contribution in [2.75, 3.05) is 5.73 Å². The van der Waals surface area contributed by atoms with E-state index in [0.29, 0.717) is 16.1 Å². The van der Waals surface area contributed by atoms with Crippen LogP contribution in [0.4, 0.5) is 5.95 Å². The second kappa shape index (κ2) is 4.81. The lowest BCUT2D eigenvalue weighted by atomic mass is 10.2. The fourth-order valence-corrected chi connectivity index (χ4v) is 1.97. The number of aromatic nitrogens is 3. The SMILES string of the molecule is Nc1ncc(Br)c(Oc2cccc3cccnc23)n1. The van der Waals surface area contributed by atoms with Crippen molar-refractivity contribution < 1.29 is 4.74 Å². The molecule has 5 nitrogen and oxygen atoms in total. The monoisotopic (exact) mass is 316 g/mol. The Hall–Kier alpha value is -2.21. The third-order valence-corrected chi connectivity index (χ3v) is 3.08. The molecule has 3 aromatic rings. The summed E-state index contributed by atoms with van der Waals surface area (Å²) in [5.41, 5.74) is 6.33. The maximum absolute atomic E-state index is 5.76. The van der Waals surface area contributed by atoms with Crippen LogP contribution in [0.5, 0.6) is 11.6 Å². The van der Waals surface area contributed by atoms with Crippen molar-refractivity contribution in [2.24, 2.45) is 0 Å². The van der Waals surface area contributed by atoms with Crippen molar-refractivity contribution in [2.45, 2.75) is 0 Å². The molecule has 19 heavy (non-hydrogen) atoms. The first-order chi connectivity index (χ1) is 9.24. The predicted octanol–water partition coefficient (Wildman–Crippen LogP) is 3.16. The minimum Gasteiger partial charge on any atom is -0.435 e. The molecule has 0 unspecified atom stereocenters. The Morgan fingerprint density at radius 2 is 1.95 bits per heavy atom. The molecule has 0 fully saturated rings. The molecule has 0 spiro atoms. The van der Waals surface area contributed by atoms with Gasteiger partial charge in [-0.05, 0) is 28.1 Å². The van der Waals surface area contributed by atoms with E-state index < -0.39 is 0 Å². The number of ether oxygens (including phenoxy) is 1. The number of hydrogen-bond acceptors (Lipinski definition) is 5. The Morgan fingerprint density at radius 1 is 1.11 bits per heavy atom. The van der Waals surface area contributed by atoms with Crippen molar-refractivity contribution >= 4 is 32.8 Å². The van der Waals surface area contributed by atoms with Gasteiger partial charge in [0.05, 0.1) is 10.7 Å². The molecule has 0 saturated heterocycles. The molecule has 3 rings (SSSR count). The third kappa shape index (κ3) is 2.34. The Labute approximate surface area is 117 Å². The van der Waals surface area contributed by atoms with Crippen LogP contribution in [-0.4, -0.2) is 15.0 Å². The van der Waals surface area contributed by atoms with Crippen molar-refractivity contribution in [3.05, 3.63) is 47.2 Å². The Balaban J connectivity index is 2.08. The summed E-state index contributed by atoms with van der Waals surface area (Å²) in [7, 11) is 0. The van der Waals surface area contributed by atoms with E-state index in [1.165, 1.54) is 0 Å². The molecule has 0 saturated carbocycles. The minimum absolute atomic E-state index is 0.159. The average molecular weight is 317 g/mol. The van der Waals surface area contributed by atoms with Gasteiger partial charge in [0.1, 0.15) is 5.52 Å². The number of benzene rings is 1. The number of fused-ring (bicyclic) bond motifs is 1. The topological polar surface area (TPSA) is 73.9 Å². The molecule has 2 aromatic heterocycles. The van der Waals surface area contributed by atoms with Crippen LogP contribution in [0, 0.1) is 0 Å². The molecule has 6 heteroatoms. The quantitative estimate of drug-likeness (QED) is 0.786. The number of anilines is 1. The zero-order valence-corrected chi connectivity index (χ0v) is 11.3. The van der Waals surface area contributed by atoms with E-state index in [9.17, 15) is 0 Å². The number of nitrogen functional groups attached to an aromatic ring is 1. The maximum Gasteiger partial charge on any atom is 0.238 e. The summed E-state index contributed by atoms with van der Waals surface area (Å²) in [6.07, 6.45) is 3.27. The molecular formula is C13H9BrN4O. The highest BCUT2D eigenvalue weighted by molar-refractivity contribution is 9.10. The van der Waals surface area contributed by atoms with Crippen LogP contribution in [0.25, 0.3) is 10.9 Å². The second-order valence-electron chi connectivity index (χ2n) is 3.81. The van der Waals surface area contributed by atoms with Gasteiger partial charge in [-0.3, -0.25) is 4.98 Å². The van der Waals surface area contributed by atoms with Gasteiger partial charge in [0.25, 0.3) is 0 Å². The number of pyridine rings is 1. The molecule has 2 heterocycles. The molecule has 0 amide bonds. The number of rotatable bonds is 2. The summed E-state index contributed by atoms with van der Waals surface area (Å²) in [6.45, 7) is 0. The van der Waals surface area contributed by atoms with Gasteiger partial charge < -0.3 is 10.5 Å². The number of para-hydroxylation sites is 1. The van der Waals surface area contributed by atoms with Crippen LogP contribution in [-0.2, 0) is 0 Å². The fraction of sp³-hybridized carbons (Fsp3) is 0. The Morgan fingerprint density at radius 3 is 2.84 bits per heavy atom. The molecule has 0 bridgehead atoms. The van der Waals surface area contributed by atoms with Crippen LogP contribution in [0.2, 0.25) is 0 Å². The number of hydrogen-bond donors (Lipinski definition) is 1. The molecule has 0 aliphatic heterocycles. The normalized spacial score (nSPS) is 10.6. The van der Waals surface area contributed by atoms with Gasteiger partial charge in [0, 0.05) is 11.6 Å². The zero-order chi connectivity index (χ0) is 13.2. The molecule has 0 atom stereocenters. The molecule has 0 aliphatic rings. The zero-order valence-electron chi connectivity index (χ0n) is 9.75. The maximum atomic E-state index is 5.76. The molecule has 1 aromatic carbocycles. The van der Waals surface area contributed by atoms with Gasteiger partial charge in [-0.25, -0.2) is 4.98 Å². The molecule has 0 radical (unpaired) electrons. The van der Waals surface area contributed by atoms with Crippen LogP contribution >= 0.6 is 15.9 Å². The van der Waals surface area contributed by atoms with Gasteiger partial charge in [-0.15, -0.1) is 0 Å². The first kappa shape index (κ1) is 11.9. The smallest absolute Gasteiger partial charge is 0.238 e. The van der Waals surface area contributed by atoms with Crippen LogP contribution in [0.15, 0.2) is 47.2 Å². The van der Waals surface area contributed by atoms with Gasteiger partial charge in [-0.1, -0.05) is 18.2 Å². The number of halogens is 1. The van der Waals surface area contributed by atoms with Gasteiger partial charge in [-0.2, -0.15) is 4.98 Å². The van der Waals surface area contributed by atoms with Crippen molar-refractivity contribution in [3.8, 4) is 11.6 Å². The summed E-state index contributed by atoms with van der Waals surface area (Å²) in [5, 5.41) is 0.998. The fourth-order valence-electron chi connectivity index (χ4n) is 1.70. The van der Waals surface area contributed by atoms with E-state index in [-0.39, 0.29) is 5.95 Å². The highest BCUT2D eigenvalue weighted by atomic mass is 79.9. The van der Waals surface area contributed by atoms with Crippen LogP contribution in [0.1, 0.15) is 0 Å². The molecule has 94 valence electrons.